The number of hydrogen-bond donors (Lipinski definition) is 1. The minimum atomic E-state index is -3.75. The first kappa shape index (κ1) is 16.4. The maximum Gasteiger partial charge on any atom is 0.261 e. The Bertz CT molecular complexity index is 781. The average molecular weight is 411 g/mol. The van der Waals surface area contributed by atoms with Crippen molar-refractivity contribution in [3.63, 3.8) is 0 Å². The zero-order valence-electron chi connectivity index (χ0n) is 10.7. The molecule has 0 aliphatic heterocycles. The van der Waals surface area contributed by atoms with Gasteiger partial charge in [-0.15, -0.1) is 0 Å². The molecule has 0 spiro atoms. The fourth-order valence-corrected chi connectivity index (χ4v) is 3.41. The van der Waals surface area contributed by atoms with Gasteiger partial charge < -0.3 is 4.74 Å². The van der Waals surface area contributed by atoms with Crippen LogP contribution in [-0.2, 0) is 10.0 Å². The van der Waals surface area contributed by atoms with Crippen LogP contribution in [0.15, 0.2) is 45.8 Å². The Balaban J connectivity index is 2.33. The van der Waals surface area contributed by atoms with Gasteiger partial charge in [-0.2, -0.15) is 0 Å². The molecule has 112 valence electrons. The molecule has 0 saturated carbocycles. The standard InChI is InChI=1S/C13H10BrCl2NO3S/c1-20-13-5-3-9(7-12(13)16)21(18,19)17-8-2-4-10(14)11(15)6-8/h2-7,17H,1H3. The smallest absolute Gasteiger partial charge is 0.261 e. The summed E-state index contributed by atoms with van der Waals surface area (Å²) in [5, 5.41) is 0.622. The zero-order valence-corrected chi connectivity index (χ0v) is 14.6. The van der Waals surface area contributed by atoms with Crippen molar-refractivity contribution in [1.29, 1.82) is 0 Å². The monoisotopic (exact) mass is 409 g/mol. The molecule has 0 radical (unpaired) electrons. The molecule has 0 bridgehead atoms. The Kier molecular flexibility index (Phi) is 5.03. The van der Waals surface area contributed by atoms with Crippen molar-refractivity contribution in [2.24, 2.45) is 0 Å². The molecule has 0 heterocycles. The maximum absolute atomic E-state index is 12.3. The first-order chi connectivity index (χ1) is 9.83. The topological polar surface area (TPSA) is 55.4 Å². The average Bonchev–Trinajstić information content (AvgIpc) is 2.42. The Hall–Kier alpha value is -0.950. The highest BCUT2D eigenvalue weighted by atomic mass is 79.9. The second-order valence-electron chi connectivity index (χ2n) is 4.03. The van der Waals surface area contributed by atoms with Crippen molar-refractivity contribution in [2.45, 2.75) is 4.90 Å². The van der Waals surface area contributed by atoms with Crippen molar-refractivity contribution in [3.05, 3.63) is 50.9 Å². The maximum atomic E-state index is 12.3. The van der Waals surface area contributed by atoms with E-state index in [-0.39, 0.29) is 9.92 Å². The van der Waals surface area contributed by atoms with Crippen molar-refractivity contribution in [2.75, 3.05) is 11.8 Å². The number of hydrogen-bond acceptors (Lipinski definition) is 3. The van der Waals surface area contributed by atoms with Gasteiger partial charge in [0.2, 0.25) is 0 Å². The second-order valence-corrected chi connectivity index (χ2v) is 7.38. The van der Waals surface area contributed by atoms with E-state index in [2.05, 4.69) is 20.7 Å². The molecule has 0 saturated heterocycles. The lowest BCUT2D eigenvalue weighted by atomic mass is 10.3. The Labute approximate surface area is 141 Å². The third-order valence-corrected chi connectivity index (χ3v) is 5.51. The molecule has 21 heavy (non-hydrogen) atoms. The van der Waals surface area contributed by atoms with Crippen LogP contribution in [0.1, 0.15) is 0 Å². The summed E-state index contributed by atoms with van der Waals surface area (Å²) in [5.74, 6) is 0.405. The van der Waals surface area contributed by atoms with E-state index in [4.69, 9.17) is 27.9 Å². The highest BCUT2D eigenvalue weighted by molar-refractivity contribution is 9.10. The molecule has 2 rings (SSSR count). The van der Waals surface area contributed by atoms with Crippen LogP contribution in [0.4, 0.5) is 5.69 Å². The van der Waals surface area contributed by atoms with Crippen molar-refractivity contribution >= 4 is 54.8 Å². The Morgan fingerprint density at radius 1 is 1.10 bits per heavy atom. The number of methoxy groups -OCH3 is 1. The van der Waals surface area contributed by atoms with E-state index in [1.807, 2.05) is 0 Å². The van der Waals surface area contributed by atoms with Crippen molar-refractivity contribution in [3.8, 4) is 5.75 Å². The quantitative estimate of drug-likeness (QED) is 0.803. The third-order valence-electron chi connectivity index (χ3n) is 2.61. The largest absolute Gasteiger partial charge is 0.495 e. The van der Waals surface area contributed by atoms with Gasteiger partial charge in [0.15, 0.2) is 0 Å². The van der Waals surface area contributed by atoms with E-state index >= 15 is 0 Å². The van der Waals surface area contributed by atoms with E-state index in [1.54, 1.807) is 12.1 Å². The van der Waals surface area contributed by atoms with Crippen molar-refractivity contribution in [1.82, 2.24) is 0 Å². The summed E-state index contributed by atoms with van der Waals surface area (Å²) in [6, 6.07) is 8.98. The zero-order chi connectivity index (χ0) is 15.6. The molecule has 0 aliphatic carbocycles. The second kappa shape index (κ2) is 6.44. The van der Waals surface area contributed by atoms with Gasteiger partial charge in [-0.3, -0.25) is 4.72 Å². The lowest BCUT2D eigenvalue weighted by Gasteiger charge is -2.10. The van der Waals surface area contributed by atoms with Crippen molar-refractivity contribution < 1.29 is 13.2 Å². The number of ether oxygens (including phenoxy) is 1. The fraction of sp³-hybridized carbons (Fsp3) is 0.0769. The minimum Gasteiger partial charge on any atom is -0.495 e. The van der Waals surface area contributed by atoms with Crippen LogP contribution in [0, 0.1) is 0 Å². The molecule has 0 aliphatic rings. The first-order valence-electron chi connectivity index (χ1n) is 5.65. The van der Waals surface area contributed by atoms with Gasteiger partial charge in [-0.25, -0.2) is 8.42 Å². The molecular weight excluding hydrogens is 401 g/mol. The van der Waals surface area contributed by atoms with Crippen LogP contribution in [0.5, 0.6) is 5.75 Å². The summed E-state index contributed by atoms with van der Waals surface area (Å²) in [5.41, 5.74) is 0.357. The van der Waals surface area contributed by atoms with Crippen LogP contribution in [0.3, 0.4) is 0 Å². The molecule has 0 fully saturated rings. The molecule has 2 aromatic carbocycles. The molecule has 4 nitrogen and oxygen atoms in total. The molecule has 0 amide bonds. The Morgan fingerprint density at radius 2 is 1.81 bits per heavy atom. The molecule has 0 unspecified atom stereocenters. The highest BCUT2D eigenvalue weighted by Crippen LogP contribution is 2.29. The summed E-state index contributed by atoms with van der Waals surface area (Å²) < 4.78 is 32.7. The lowest BCUT2D eigenvalue weighted by molar-refractivity contribution is 0.414. The molecule has 2 aromatic rings. The summed E-state index contributed by atoms with van der Waals surface area (Å²) >= 11 is 15.1. The van der Waals surface area contributed by atoms with E-state index in [9.17, 15) is 8.42 Å². The molecule has 8 heteroatoms. The summed E-state index contributed by atoms with van der Waals surface area (Å²) in [6.45, 7) is 0. The third kappa shape index (κ3) is 3.83. The van der Waals surface area contributed by atoms with E-state index in [1.165, 1.54) is 31.4 Å². The van der Waals surface area contributed by atoms with E-state index < -0.39 is 10.0 Å². The summed E-state index contributed by atoms with van der Waals surface area (Å²) in [6.07, 6.45) is 0. The molecular formula is C13H10BrCl2NO3S. The number of nitrogens with one attached hydrogen (secondary N) is 1. The number of benzene rings is 2. The number of anilines is 1. The lowest BCUT2D eigenvalue weighted by Crippen LogP contribution is -2.13. The predicted molar refractivity (Wildman–Crippen MR) is 88.0 cm³/mol. The molecule has 0 aromatic heterocycles. The summed E-state index contributed by atoms with van der Waals surface area (Å²) in [7, 11) is -2.30. The van der Waals surface area contributed by atoms with Gasteiger partial charge in [0.25, 0.3) is 10.0 Å². The van der Waals surface area contributed by atoms with Gasteiger partial charge in [-0.1, -0.05) is 23.2 Å². The molecule has 1 N–H and O–H groups in total. The highest BCUT2D eigenvalue weighted by Gasteiger charge is 2.16. The van der Waals surface area contributed by atoms with Crippen LogP contribution < -0.4 is 9.46 Å². The van der Waals surface area contributed by atoms with Gasteiger partial charge in [-0.05, 0) is 52.3 Å². The minimum absolute atomic E-state index is 0.0346. The number of sulfonamides is 1. The van der Waals surface area contributed by atoms with Crippen LogP contribution in [0.25, 0.3) is 0 Å². The van der Waals surface area contributed by atoms with Gasteiger partial charge in [0, 0.05) is 4.47 Å². The van der Waals surface area contributed by atoms with E-state index in [0.29, 0.717) is 20.9 Å². The first-order valence-corrected chi connectivity index (χ1v) is 8.68. The molecule has 0 atom stereocenters. The van der Waals surface area contributed by atoms with Gasteiger partial charge >= 0.3 is 0 Å². The number of rotatable bonds is 4. The number of halogens is 3. The van der Waals surface area contributed by atoms with Crippen LogP contribution in [0.2, 0.25) is 10.0 Å². The van der Waals surface area contributed by atoms with Crippen LogP contribution >= 0.6 is 39.1 Å². The fourth-order valence-electron chi connectivity index (χ4n) is 1.59. The summed E-state index contributed by atoms with van der Waals surface area (Å²) in [4.78, 5) is 0.0346. The SMILES string of the molecule is COc1ccc(S(=O)(=O)Nc2ccc(Br)c(Cl)c2)cc1Cl. The normalized spacial score (nSPS) is 11.2. The van der Waals surface area contributed by atoms with Crippen LogP contribution in [-0.4, -0.2) is 15.5 Å². The van der Waals surface area contributed by atoms with Gasteiger partial charge in [0.1, 0.15) is 5.75 Å². The Morgan fingerprint density at radius 3 is 2.38 bits per heavy atom. The van der Waals surface area contributed by atoms with Gasteiger partial charge in [0.05, 0.1) is 27.7 Å². The predicted octanol–water partition coefficient (Wildman–Crippen LogP) is 4.57. The van der Waals surface area contributed by atoms with E-state index in [0.717, 1.165) is 0 Å².